The van der Waals surface area contributed by atoms with Crippen molar-refractivity contribution < 1.29 is 19.4 Å². The summed E-state index contributed by atoms with van der Waals surface area (Å²) < 4.78 is 13.3. The minimum atomic E-state index is -0.978. The van der Waals surface area contributed by atoms with Crippen LogP contribution in [0, 0.1) is 5.82 Å². The Morgan fingerprint density at radius 3 is 2.71 bits per heavy atom. The molecule has 0 aliphatic heterocycles. The van der Waals surface area contributed by atoms with Gasteiger partial charge in [-0.2, -0.15) is 0 Å². The number of aromatic hydroxyl groups is 1. The molecule has 14 heavy (non-hydrogen) atoms. The van der Waals surface area contributed by atoms with E-state index in [-0.39, 0.29) is 28.6 Å². The van der Waals surface area contributed by atoms with E-state index in [1.54, 1.807) is 0 Å². The van der Waals surface area contributed by atoms with Gasteiger partial charge in [-0.1, -0.05) is 6.07 Å². The van der Waals surface area contributed by atoms with E-state index in [9.17, 15) is 9.18 Å². The second-order valence-electron chi connectivity index (χ2n) is 2.77. The van der Waals surface area contributed by atoms with Crippen molar-refractivity contribution in [2.24, 2.45) is 0 Å². The number of aliphatic carboxylic acids is 1. The van der Waals surface area contributed by atoms with Gasteiger partial charge in [-0.05, 0) is 34.0 Å². The maximum atomic E-state index is 13.3. The predicted molar refractivity (Wildman–Crippen MR) is 51.7 cm³/mol. The van der Waals surface area contributed by atoms with Crippen molar-refractivity contribution in [2.45, 2.75) is 12.8 Å². The number of rotatable bonds is 3. The van der Waals surface area contributed by atoms with Crippen LogP contribution < -0.4 is 0 Å². The number of carboxylic acid groups (broad SMARTS) is 1. The first-order chi connectivity index (χ1) is 6.52. The van der Waals surface area contributed by atoms with Gasteiger partial charge in [0, 0.05) is 6.42 Å². The van der Waals surface area contributed by atoms with Crippen LogP contribution >= 0.6 is 15.9 Å². The van der Waals surface area contributed by atoms with Gasteiger partial charge in [-0.15, -0.1) is 0 Å². The predicted octanol–water partition coefficient (Wildman–Crippen LogP) is 2.31. The lowest BCUT2D eigenvalue weighted by Crippen LogP contribution is -1.99. The minimum absolute atomic E-state index is 0.0274. The van der Waals surface area contributed by atoms with Crippen LogP contribution in [-0.4, -0.2) is 16.2 Å². The van der Waals surface area contributed by atoms with Crippen LogP contribution in [0.15, 0.2) is 16.6 Å². The summed E-state index contributed by atoms with van der Waals surface area (Å²) in [5.41, 5.74) is 0.275. The lowest BCUT2D eigenvalue weighted by atomic mass is 10.1. The molecule has 0 aliphatic carbocycles. The largest absolute Gasteiger partial charge is 0.507 e. The number of hydrogen-bond donors (Lipinski definition) is 2. The second-order valence-corrected chi connectivity index (χ2v) is 3.56. The van der Waals surface area contributed by atoms with Crippen LogP contribution in [0.4, 0.5) is 4.39 Å². The summed E-state index contributed by atoms with van der Waals surface area (Å²) in [6.07, 6.45) is -0.0197. The smallest absolute Gasteiger partial charge is 0.303 e. The monoisotopic (exact) mass is 262 g/mol. The third kappa shape index (κ3) is 2.45. The molecule has 1 aromatic carbocycles. The third-order valence-corrected chi connectivity index (χ3v) is 2.50. The average molecular weight is 263 g/mol. The second kappa shape index (κ2) is 4.41. The van der Waals surface area contributed by atoms with Gasteiger partial charge in [0.15, 0.2) is 0 Å². The van der Waals surface area contributed by atoms with Crippen molar-refractivity contribution >= 4 is 21.9 Å². The molecule has 0 aromatic heterocycles. The van der Waals surface area contributed by atoms with E-state index in [4.69, 9.17) is 10.2 Å². The molecule has 1 aromatic rings. The molecule has 0 saturated heterocycles. The molecular weight excluding hydrogens is 255 g/mol. The number of aryl methyl sites for hydroxylation is 1. The first-order valence-corrected chi connectivity index (χ1v) is 4.69. The first kappa shape index (κ1) is 11.0. The molecule has 0 amide bonds. The summed E-state index contributed by atoms with van der Waals surface area (Å²) in [4.78, 5) is 10.3. The number of halogens is 2. The zero-order valence-electron chi connectivity index (χ0n) is 7.13. The number of carboxylic acids is 1. The zero-order valence-corrected chi connectivity index (χ0v) is 8.71. The number of carbonyl (C=O) groups is 1. The van der Waals surface area contributed by atoms with Gasteiger partial charge in [-0.3, -0.25) is 4.79 Å². The molecule has 0 spiro atoms. The maximum Gasteiger partial charge on any atom is 0.303 e. The minimum Gasteiger partial charge on any atom is -0.507 e. The van der Waals surface area contributed by atoms with Crippen LogP contribution in [0.1, 0.15) is 12.0 Å². The standard InChI is InChI=1S/C9H8BrFO3/c10-8-6(12)3-1-5(9(8)11)2-4-7(13)14/h1,3,12H,2,4H2,(H,13,14). The highest BCUT2D eigenvalue weighted by atomic mass is 79.9. The van der Waals surface area contributed by atoms with Gasteiger partial charge < -0.3 is 10.2 Å². The summed E-state index contributed by atoms with van der Waals surface area (Å²) in [6.45, 7) is 0. The first-order valence-electron chi connectivity index (χ1n) is 3.90. The van der Waals surface area contributed by atoms with E-state index in [2.05, 4.69) is 15.9 Å². The summed E-state index contributed by atoms with van der Waals surface area (Å²) in [6, 6.07) is 2.70. The van der Waals surface area contributed by atoms with Crippen LogP contribution in [0.25, 0.3) is 0 Å². The zero-order chi connectivity index (χ0) is 10.7. The van der Waals surface area contributed by atoms with Crippen LogP contribution in [0.5, 0.6) is 5.75 Å². The number of phenolic OH excluding ortho intramolecular Hbond substituents is 1. The Hall–Kier alpha value is -1.10. The molecule has 0 aliphatic rings. The Morgan fingerprint density at radius 2 is 2.14 bits per heavy atom. The molecule has 0 bridgehead atoms. The Bertz CT molecular complexity index is 365. The Morgan fingerprint density at radius 1 is 1.50 bits per heavy atom. The molecule has 76 valence electrons. The van der Waals surface area contributed by atoms with Gasteiger partial charge in [0.05, 0.1) is 4.47 Å². The molecule has 2 N–H and O–H groups in total. The summed E-state index contributed by atoms with van der Waals surface area (Å²) in [5, 5.41) is 17.5. The van der Waals surface area contributed by atoms with Gasteiger partial charge in [-0.25, -0.2) is 4.39 Å². The van der Waals surface area contributed by atoms with Crippen LogP contribution in [0.3, 0.4) is 0 Å². The molecule has 0 fully saturated rings. The van der Waals surface area contributed by atoms with Crippen molar-refractivity contribution in [3.8, 4) is 5.75 Å². The van der Waals surface area contributed by atoms with Gasteiger partial charge in [0.25, 0.3) is 0 Å². The van der Waals surface area contributed by atoms with E-state index in [1.165, 1.54) is 12.1 Å². The van der Waals surface area contributed by atoms with E-state index >= 15 is 0 Å². The van der Waals surface area contributed by atoms with Crippen molar-refractivity contribution in [1.82, 2.24) is 0 Å². The molecule has 1 rings (SSSR count). The summed E-state index contributed by atoms with van der Waals surface area (Å²) >= 11 is 2.86. The lowest BCUT2D eigenvalue weighted by molar-refractivity contribution is -0.136. The Labute approximate surface area is 88.3 Å². The summed E-state index contributed by atoms with van der Waals surface area (Å²) in [7, 11) is 0. The highest BCUT2D eigenvalue weighted by Gasteiger charge is 2.11. The molecule has 0 radical (unpaired) electrons. The quantitative estimate of drug-likeness (QED) is 0.879. The van der Waals surface area contributed by atoms with Gasteiger partial charge >= 0.3 is 5.97 Å². The molecule has 3 nitrogen and oxygen atoms in total. The molecule has 5 heteroatoms. The molecule has 0 saturated carbocycles. The van der Waals surface area contributed by atoms with Crippen molar-refractivity contribution in [2.75, 3.05) is 0 Å². The highest BCUT2D eigenvalue weighted by Crippen LogP contribution is 2.29. The SMILES string of the molecule is O=C(O)CCc1ccc(O)c(Br)c1F. The van der Waals surface area contributed by atoms with E-state index in [0.717, 1.165) is 0 Å². The molecular formula is C9H8BrFO3. The van der Waals surface area contributed by atoms with Gasteiger partial charge in [0.1, 0.15) is 11.6 Å². The average Bonchev–Trinajstić information content (AvgIpc) is 2.13. The maximum absolute atomic E-state index is 13.3. The van der Waals surface area contributed by atoms with Crippen LogP contribution in [0.2, 0.25) is 0 Å². The normalized spacial score (nSPS) is 10.1. The molecule has 0 unspecified atom stereocenters. The van der Waals surface area contributed by atoms with Gasteiger partial charge in [0.2, 0.25) is 0 Å². The van der Waals surface area contributed by atoms with E-state index in [1.807, 2.05) is 0 Å². The van der Waals surface area contributed by atoms with Crippen molar-refractivity contribution in [3.63, 3.8) is 0 Å². The third-order valence-electron chi connectivity index (χ3n) is 1.75. The Balaban J connectivity index is 2.88. The number of benzene rings is 1. The fraction of sp³-hybridized carbons (Fsp3) is 0.222. The fourth-order valence-corrected chi connectivity index (χ4v) is 1.40. The fourth-order valence-electron chi connectivity index (χ4n) is 1.01. The van der Waals surface area contributed by atoms with Crippen LogP contribution in [-0.2, 0) is 11.2 Å². The van der Waals surface area contributed by atoms with Crippen molar-refractivity contribution in [3.05, 3.63) is 28.0 Å². The Kier molecular flexibility index (Phi) is 3.46. The molecule has 0 atom stereocenters. The summed E-state index contributed by atoms with van der Waals surface area (Å²) in [5.74, 6) is -1.78. The lowest BCUT2D eigenvalue weighted by Gasteiger charge is -2.04. The van der Waals surface area contributed by atoms with Crippen molar-refractivity contribution in [1.29, 1.82) is 0 Å². The number of phenols is 1. The number of hydrogen-bond acceptors (Lipinski definition) is 2. The van der Waals surface area contributed by atoms with E-state index in [0.29, 0.717) is 0 Å². The topological polar surface area (TPSA) is 57.5 Å². The van der Waals surface area contributed by atoms with E-state index < -0.39 is 11.8 Å². The molecule has 0 heterocycles. The highest BCUT2D eigenvalue weighted by molar-refractivity contribution is 9.10.